The van der Waals surface area contributed by atoms with Gasteiger partial charge in [-0.05, 0) is 23.3 Å². The number of rotatable bonds is 4. The topological polar surface area (TPSA) is 63.3 Å². The molecule has 0 bridgehead atoms. The van der Waals surface area contributed by atoms with Gasteiger partial charge in [0.2, 0.25) is 5.89 Å². The van der Waals surface area contributed by atoms with Crippen molar-refractivity contribution < 1.29 is 14.3 Å². The third-order valence-corrected chi connectivity index (χ3v) is 4.17. The average molecular weight is 341 g/mol. The van der Waals surface area contributed by atoms with Crippen LogP contribution in [0.3, 0.4) is 0 Å². The molecule has 0 atom stereocenters. The van der Waals surface area contributed by atoms with E-state index in [9.17, 15) is 9.90 Å². The van der Waals surface area contributed by atoms with Gasteiger partial charge in [0.1, 0.15) is 0 Å². The number of aromatic nitrogens is 1. The van der Waals surface area contributed by atoms with E-state index in [0.717, 1.165) is 16.7 Å². The Bertz CT molecular complexity index is 1050. The summed E-state index contributed by atoms with van der Waals surface area (Å²) >= 11 is 0. The van der Waals surface area contributed by atoms with Crippen molar-refractivity contribution in [1.82, 2.24) is 4.98 Å². The van der Waals surface area contributed by atoms with Crippen LogP contribution in [-0.4, -0.2) is 16.1 Å². The Morgan fingerprint density at radius 1 is 0.769 bits per heavy atom. The van der Waals surface area contributed by atoms with Crippen LogP contribution in [0.5, 0.6) is 0 Å². The average Bonchev–Trinajstić information content (AvgIpc) is 3.19. The first-order valence-corrected chi connectivity index (χ1v) is 8.17. The fourth-order valence-corrected chi connectivity index (χ4v) is 2.85. The molecule has 1 aromatic heterocycles. The quantitative estimate of drug-likeness (QED) is 0.542. The fraction of sp³-hybridized carbons (Fsp3) is 0. The molecule has 0 saturated heterocycles. The fourth-order valence-electron chi connectivity index (χ4n) is 2.85. The second-order valence-corrected chi connectivity index (χ2v) is 5.82. The molecule has 1 heterocycles. The summed E-state index contributed by atoms with van der Waals surface area (Å²) in [6, 6.07) is 24.8. The minimum absolute atomic E-state index is 0.167. The van der Waals surface area contributed by atoms with E-state index < -0.39 is 5.97 Å². The maximum Gasteiger partial charge on any atom is 0.336 e. The first kappa shape index (κ1) is 15.8. The van der Waals surface area contributed by atoms with Crippen molar-refractivity contribution in [3.63, 3.8) is 0 Å². The zero-order chi connectivity index (χ0) is 17.9. The van der Waals surface area contributed by atoms with Crippen molar-refractivity contribution in [3.8, 4) is 33.9 Å². The smallest absolute Gasteiger partial charge is 0.336 e. The van der Waals surface area contributed by atoms with Crippen molar-refractivity contribution in [1.29, 1.82) is 0 Å². The lowest BCUT2D eigenvalue weighted by atomic mass is 10.0. The van der Waals surface area contributed by atoms with Gasteiger partial charge >= 0.3 is 5.97 Å². The Balaban J connectivity index is 1.66. The molecule has 4 rings (SSSR count). The highest BCUT2D eigenvalue weighted by Gasteiger charge is 2.16. The summed E-state index contributed by atoms with van der Waals surface area (Å²) in [6.45, 7) is 0. The van der Waals surface area contributed by atoms with Crippen LogP contribution in [0.25, 0.3) is 33.9 Å². The Labute approximate surface area is 150 Å². The summed E-state index contributed by atoms with van der Waals surface area (Å²) in [7, 11) is 0. The van der Waals surface area contributed by atoms with Crippen LogP contribution < -0.4 is 0 Å². The zero-order valence-electron chi connectivity index (χ0n) is 13.8. The van der Waals surface area contributed by atoms with Crippen molar-refractivity contribution in [3.05, 3.63) is 90.6 Å². The van der Waals surface area contributed by atoms with Crippen molar-refractivity contribution >= 4 is 5.97 Å². The molecule has 3 aromatic carbocycles. The molecule has 4 heteroatoms. The minimum Gasteiger partial charge on any atom is -0.478 e. The van der Waals surface area contributed by atoms with E-state index in [-0.39, 0.29) is 5.56 Å². The Morgan fingerprint density at radius 3 is 2.12 bits per heavy atom. The van der Waals surface area contributed by atoms with Crippen molar-refractivity contribution in [2.45, 2.75) is 0 Å². The lowest BCUT2D eigenvalue weighted by molar-refractivity contribution is 0.0697. The standard InChI is InChI=1S/C22H15NO3/c24-22(25)19-9-5-4-8-18(19)21-23-14-20(26-21)17-12-10-16(11-13-17)15-6-2-1-3-7-15/h1-14H,(H,24,25). The van der Waals surface area contributed by atoms with Gasteiger partial charge in [0, 0.05) is 5.56 Å². The molecule has 26 heavy (non-hydrogen) atoms. The van der Waals surface area contributed by atoms with Gasteiger partial charge < -0.3 is 9.52 Å². The van der Waals surface area contributed by atoms with E-state index in [4.69, 9.17) is 4.42 Å². The van der Waals surface area contributed by atoms with E-state index >= 15 is 0 Å². The van der Waals surface area contributed by atoms with E-state index in [2.05, 4.69) is 17.1 Å². The summed E-state index contributed by atoms with van der Waals surface area (Å²) in [6.07, 6.45) is 1.62. The number of hydrogen-bond acceptors (Lipinski definition) is 3. The molecule has 0 aliphatic carbocycles. The van der Waals surface area contributed by atoms with Gasteiger partial charge in [0.05, 0.1) is 17.3 Å². The second kappa shape index (κ2) is 6.69. The Morgan fingerprint density at radius 2 is 1.38 bits per heavy atom. The van der Waals surface area contributed by atoms with Crippen LogP contribution in [0.4, 0.5) is 0 Å². The molecule has 0 saturated carbocycles. The molecular weight excluding hydrogens is 326 g/mol. The second-order valence-electron chi connectivity index (χ2n) is 5.82. The van der Waals surface area contributed by atoms with Gasteiger partial charge in [-0.1, -0.05) is 66.7 Å². The lowest BCUT2D eigenvalue weighted by Crippen LogP contribution is -1.98. The van der Waals surface area contributed by atoms with Crippen LogP contribution in [0, 0.1) is 0 Å². The molecule has 0 fully saturated rings. The number of carbonyl (C=O) groups is 1. The van der Waals surface area contributed by atoms with Crippen LogP contribution in [0.2, 0.25) is 0 Å². The van der Waals surface area contributed by atoms with E-state index in [1.807, 2.05) is 42.5 Å². The first-order valence-electron chi connectivity index (χ1n) is 8.17. The number of aromatic carboxylic acids is 1. The highest BCUT2D eigenvalue weighted by atomic mass is 16.4. The zero-order valence-corrected chi connectivity index (χ0v) is 13.8. The number of nitrogens with zero attached hydrogens (tertiary/aromatic N) is 1. The monoisotopic (exact) mass is 341 g/mol. The SMILES string of the molecule is O=C(O)c1ccccc1-c1ncc(-c2ccc(-c3ccccc3)cc2)o1. The van der Waals surface area contributed by atoms with E-state index in [1.165, 1.54) is 6.07 Å². The number of benzene rings is 3. The summed E-state index contributed by atoms with van der Waals surface area (Å²) in [4.78, 5) is 15.6. The first-order chi connectivity index (χ1) is 12.7. The predicted octanol–water partition coefficient (Wildman–Crippen LogP) is 5.37. The van der Waals surface area contributed by atoms with Gasteiger partial charge in [-0.2, -0.15) is 0 Å². The van der Waals surface area contributed by atoms with E-state index in [1.54, 1.807) is 24.4 Å². The Hall–Kier alpha value is -3.66. The molecule has 0 aliphatic heterocycles. The van der Waals surface area contributed by atoms with Gasteiger partial charge in [-0.15, -0.1) is 0 Å². The molecule has 0 radical (unpaired) electrons. The summed E-state index contributed by atoms with van der Waals surface area (Å²) in [5.74, 6) is -0.113. The van der Waals surface area contributed by atoms with Gasteiger partial charge in [0.15, 0.2) is 5.76 Å². The molecule has 0 aliphatic rings. The third-order valence-electron chi connectivity index (χ3n) is 4.17. The molecule has 0 spiro atoms. The van der Waals surface area contributed by atoms with Gasteiger partial charge in [-0.25, -0.2) is 9.78 Å². The third kappa shape index (κ3) is 3.00. The maximum absolute atomic E-state index is 11.4. The number of hydrogen-bond donors (Lipinski definition) is 1. The molecule has 4 aromatic rings. The highest BCUT2D eigenvalue weighted by Crippen LogP contribution is 2.29. The lowest BCUT2D eigenvalue weighted by Gasteiger charge is -2.03. The number of oxazole rings is 1. The number of carboxylic acids is 1. The van der Waals surface area contributed by atoms with Gasteiger partial charge in [-0.3, -0.25) is 0 Å². The summed E-state index contributed by atoms with van der Waals surface area (Å²) in [5, 5.41) is 9.32. The largest absolute Gasteiger partial charge is 0.478 e. The molecular formula is C22H15NO3. The normalized spacial score (nSPS) is 10.6. The summed E-state index contributed by atoms with van der Waals surface area (Å²) in [5.41, 5.74) is 3.78. The van der Waals surface area contributed by atoms with Crippen LogP contribution in [0.15, 0.2) is 89.5 Å². The van der Waals surface area contributed by atoms with Crippen LogP contribution in [0.1, 0.15) is 10.4 Å². The Kier molecular flexibility index (Phi) is 4.07. The maximum atomic E-state index is 11.4. The summed E-state index contributed by atoms with van der Waals surface area (Å²) < 4.78 is 5.82. The molecule has 4 nitrogen and oxygen atoms in total. The number of carboxylic acid groups (broad SMARTS) is 1. The minimum atomic E-state index is -1.01. The molecule has 1 N–H and O–H groups in total. The molecule has 0 amide bonds. The highest BCUT2D eigenvalue weighted by molar-refractivity contribution is 5.94. The van der Waals surface area contributed by atoms with Gasteiger partial charge in [0.25, 0.3) is 0 Å². The predicted molar refractivity (Wildman–Crippen MR) is 99.8 cm³/mol. The molecule has 0 unspecified atom stereocenters. The van der Waals surface area contributed by atoms with Crippen LogP contribution >= 0.6 is 0 Å². The van der Waals surface area contributed by atoms with Crippen LogP contribution in [-0.2, 0) is 0 Å². The van der Waals surface area contributed by atoms with E-state index in [0.29, 0.717) is 17.2 Å². The van der Waals surface area contributed by atoms with Crippen molar-refractivity contribution in [2.24, 2.45) is 0 Å². The molecule has 126 valence electrons. The van der Waals surface area contributed by atoms with Crippen molar-refractivity contribution in [2.75, 3.05) is 0 Å².